The minimum atomic E-state index is 0.0586. The Morgan fingerprint density at radius 1 is 1.27 bits per heavy atom. The molecule has 1 amide bonds. The molecule has 1 atom stereocenters. The molecule has 0 aromatic rings. The summed E-state index contributed by atoms with van der Waals surface area (Å²) in [5, 5.41) is 3.14. The summed E-state index contributed by atoms with van der Waals surface area (Å²) in [5.41, 5.74) is 5.53. The van der Waals surface area contributed by atoms with Gasteiger partial charge in [-0.3, -0.25) is 9.69 Å². The molecule has 4 nitrogen and oxygen atoms in total. The Balaban J connectivity index is 2.24. The molecule has 0 bridgehead atoms. The van der Waals surface area contributed by atoms with E-state index in [1.54, 1.807) is 0 Å². The van der Waals surface area contributed by atoms with E-state index >= 15 is 0 Å². The van der Waals surface area contributed by atoms with Crippen molar-refractivity contribution in [2.75, 3.05) is 26.2 Å². The zero-order chi connectivity index (χ0) is 16.4. The van der Waals surface area contributed by atoms with Gasteiger partial charge in [0.1, 0.15) is 0 Å². The fraction of sp³-hybridized carbons (Fsp3) is 0.944. The van der Waals surface area contributed by atoms with Crippen molar-refractivity contribution in [3.8, 4) is 0 Å². The second-order valence-electron chi connectivity index (χ2n) is 7.40. The first-order valence-electron chi connectivity index (χ1n) is 9.21. The third-order valence-corrected chi connectivity index (χ3v) is 5.03. The first-order valence-corrected chi connectivity index (χ1v) is 9.21. The standard InChI is InChI=1S/C18H37N3O/c1-4-16-10-9-13-21(14-16)18(2,3)15-20-17(22)11-7-5-6-8-12-19/h16H,4-15,19H2,1-3H3,(H,20,22). The lowest BCUT2D eigenvalue weighted by molar-refractivity contribution is -0.121. The number of carbonyl (C=O) groups is 1. The zero-order valence-electron chi connectivity index (χ0n) is 15.0. The molecule has 0 aromatic heterocycles. The Morgan fingerprint density at radius 3 is 2.68 bits per heavy atom. The van der Waals surface area contributed by atoms with Crippen LogP contribution in [0, 0.1) is 5.92 Å². The van der Waals surface area contributed by atoms with Gasteiger partial charge >= 0.3 is 0 Å². The summed E-state index contributed by atoms with van der Waals surface area (Å²) < 4.78 is 0. The van der Waals surface area contributed by atoms with Gasteiger partial charge in [0.05, 0.1) is 0 Å². The number of carbonyl (C=O) groups excluding carboxylic acids is 1. The van der Waals surface area contributed by atoms with E-state index in [1.165, 1.54) is 32.4 Å². The summed E-state index contributed by atoms with van der Waals surface area (Å²) in [4.78, 5) is 14.5. The first kappa shape index (κ1) is 19.4. The van der Waals surface area contributed by atoms with Crippen LogP contribution in [-0.2, 0) is 4.79 Å². The minimum absolute atomic E-state index is 0.0586. The van der Waals surface area contributed by atoms with Crippen molar-refractivity contribution < 1.29 is 4.79 Å². The van der Waals surface area contributed by atoms with Crippen molar-refractivity contribution >= 4 is 5.91 Å². The van der Waals surface area contributed by atoms with Crippen molar-refractivity contribution in [2.45, 2.75) is 77.7 Å². The fourth-order valence-electron chi connectivity index (χ4n) is 3.25. The zero-order valence-corrected chi connectivity index (χ0v) is 15.0. The van der Waals surface area contributed by atoms with Crippen molar-refractivity contribution in [3.63, 3.8) is 0 Å². The molecular formula is C18H37N3O. The van der Waals surface area contributed by atoms with Crippen LogP contribution >= 0.6 is 0 Å². The maximum Gasteiger partial charge on any atom is 0.220 e. The van der Waals surface area contributed by atoms with Crippen molar-refractivity contribution in [2.24, 2.45) is 11.7 Å². The summed E-state index contributed by atoms with van der Waals surface area (Å²) >= 11 is 0. The van der Waals surface area contributed by atoms with E-state index in [1.807, 2.05) is 0 Å². The lowest BCUT2D eigenvalue weighted by Gasteiger charge is -2.43. The van der Waals surface area contributed by atoms with Gasteiger partial charge < -0.3 is 11.1 Å². The highest BCUT2D eigenvalue weighted by Crippen LogP contribution is 2.25. The van der Waals surface area contributed by atoms with E-state index < -0.39 is 0 Å². The largest absolute Gasteiger partial charge is 0.354 e. The number of rotatable bonds is 10. The van der Waals surface area contributed by atoms with Gasteiger partial charge in [0.2, 0.25) is 5.91 Å². The average molecular weight is 312 g/mol. The van der Waals surface area contributed by atoms with Gasteiger partial charge in [0.15, 0.2) is 0 Å². The van der Waals surface area contributed by atoms with E-state index in [-0.39, 0.29) is 11.4 Å². The van der Waals surface area contributed by atoms with Crippen LogP contribution in [-0.4, -0.2) is 42.5 Å². The number of hydrogen-bond acceptors (Lipinski definition) is 3. The molecule has 1 aliphatic heterocycles. The Bertz CT molecular complexity index is 317. The topological polar surface area (TPSA) is 58.4 Å². The van der Waals surface area contributed by atoms with E-state index in [9.17, 15) is 4.79 Å². The molecule has 1 fully saturated rings. The summed E-state index contributed by atoms with van der Waals surface area (Å²) in [6.07, 6.45) is 8.87. The van der Waals surface area contributed by atoms with E-state index in [0.29, 0.717) is 6.42 Å². The van der Waals surface area contributed by atoms with Gasteiger partial charge in [-0.05, 0) is 58.5 Å². The quantitative estimate of drug-likeness (QED) is 0.610. The minimum Gasteiger partial charge on any atom is -0.354 e. The number of unbranched alkanes of at least 4 members (excludes halogenated alkanes) is 3. The van der Waals surface area contributed by atoms with Crippen LogP contribution < -0.4 is 11.1 Å². The Kier molecular flexibility index (Phi) is 9.03. The summed E-state index contributed by atoms with van der Waals surface area (Å²) in [5.74, 6) is 1.02. The first-order chi connectivity index (χ1) is 10.5. The number of likely N-dealkylation sites (tertiary alicyclic amines) is 1. The molecule has 3 N–H and O–H groups in total. The third-order valence-electron chi connectivity index (χ3n) is 5.03. The Hall–Kier alpha value is -0.610. The highest BCUT2D eigenvalue weighted by molar-refractivity contribution is 5.75. The van der Waals surface area contributed by atoms with Crippen LogP contribution in [0.25, 0.3) is 0 Å². The number of nitrogens with one attached hydrogen (secondary N) is 1. The molecule has 1 rings (SSSR count). The molecule has 1 aliphatic rings. The van der Waals surface area contributed by atoms with Gasteiger partial charge in [-0.25, -0.2) is 0 Å². The molecular weight excluding hydrogens is 274 g/mol. The van der Waals surface area contributed by atoms with Gasteiger partial charge in [0.25, 0.3) is 0 Å². The molecule has 130 valence electrons. The predicted octanol–water partition coefficient (Wildman–Crippen LogP) is 2.91. The summed E-state index contributed by atoms with van der Waals surface area (Å²) in [7, 11) is 0. The lowest BCUT2D eigenvalue weighted by atomic mass is 9.91. The molecule has 0 aliphatic carbocycles. The average Bonchev–Trinajstić information content (AvgIpc) is 2.53. The second-order valence-corrected chi connectivity index (χ2v) is 7.40. The molecule has 1 unspecified atom stereocenters. The van der Waals surface area contributed by atoms with Crippen molar-refractivity contribution in [3.05, 3.63) is 0 Å². The maximum absolute atomic E-state index is 12.0. The number of piperidine rings is 1. The van der Waals surface area contributed by atoms with Crippen molar-refractivity contribution in [1.82, 2.24) is 10.2 Å². The second kappa shape index (κ2) is 10.2. The summed E-state index contributed by atoms with van der Waals surface area (Å²) in [6.45, 7) is 10.7. The van der Waals surface area contributed by atoms with E-state index in [2.05, 4.69) is 31.0 Å². The van der Waals surface area contributed by atoms with Crippen LogP contribution in [0.3, 0.4) is 0 Å². The van der Waals surface area contributed by atoms with Crippen LogP contribution in [0.15, 0.2) is 0 Å². The lowest BCUT2D eigenvalue weighted by Crippen LogP contribution is -2.54. The summed E-state index contributed by atoms with van der Waals surface area (Å²) in [6, 6.07) is 0. The predicted molar refractivity (Wildman–Crippen MR) is 93.8 cm³/mol. The molecule has 0 aromatic carbocycles. The molecule has 1 saturated heterocycles. The smallest absolute Gasteiger partial charge is 0.220 e. The van der Waals surface area contributed by atoms with Gasteiger partial charge in [-0.15, -0.1) is 0 Å². The number of nitrogens with zero attached hydrogens (tertiary/aromatic N) is 1. The molecule has 4 heteroatoms. The molecule has 22 heavy (non-hydrogen) atoms. The van der Waals surface area contributed by atoms with Gasteiger partial charge in [0, 0.05) is 25.0 Å². The van der Waals surface area contributed by atoms with E-state index in [4.69, 9.17) is 5.73 Å². The molecule has 0 radical (unpaired) electrons. The molecule has 0 spiro atoms. The van der Waals surface area contributed by atoms with Crippen LogP contribution in [0.1, 0.15) is 72.1 Å². The molecule has 0 saturated carbocycles. The van der Waals surface area contributed by atoms with Crippen LogP contribution in [0.4, 0.5) is 0 Å². The highest BCUT2D eigenvalue weighted by Gasteiger charge is 2.31. The van der Waals surface area contributed by atoms with Gasteiger partial charge in [-0.2, -0.15) is 0 Å². The molecule has 1 heterocycles. The normalized spacial score (nSPS) is 20.1. The maximum atomic E-state index is 12.0. The Morgan fingerprint density at radius 2 is 2.00 bits per heavy atom. The number of amides is 1. The van der Waals surface area contributed by atoms with Crippen LogP contribution in [0.5, 0.6) is 0 Å². The van der Waals surface area contributed by atoms with Crippen LogP contribution in [0.2, 0.25) is 0 Å². The number of hydrogen-bond donors (Lipinski definition) is 2. The fourth-order valence-corrected chi connectivity index (χ4v) is 3.25. The Labute approximate surface area is 137 Å². The highest BCUT2D eigenvalue weighted by atomic mass is 16.1. The number of nitrogens with two attached hydrogens (primary N) is 1. The van der Waals surface area contributed by atoms with Gasteiger partial charge in [-0.1, -0.05) is 26.2 Å². The third kappa shape index (κ3) is 7.10. The van der Waals surface area contributed by atoms with Crippen molar-refractivity contribution in [1.29, 1.82) is 0 Å². The monoisotopic (exact) mass is 311 g/mol. The SMILES string of the molecule is CCC1CCCN(C(C)(C)CNC(=O)CCCCCCN)C1. The van der Waals surface area contributed by atoms with E-state index in [0.717, 1.165) is 44.7 Å².